The van der Waals surface area contributed by atoms with Gasteiger partial charge in [0, 0.05) is 6.04 Å². The third-order valence-electron chi connectivity index (χ3n) is 7.26. The Hall–Kier alpha value is -2.22. The van der Waals surface area contributed by atoms with Gasteiger partial charge >= 0.3 is 6.01 Å². The second kappa shape index (κ2) is 7.48. The Morgan fingerprint density at radius 1 is 1.10 bits per heavy atom. The van der Waals surface area contributed by atoms with Crippen molar-refractivity contribution in [1.29, 1.82) is 0 Å². The maximum atomic E-state index is 6.27. The van der Waals surface area contributed by atoms with E-state index in [0.29, 0.717) is 18.0 Å². The Morgan fingerprint density at radius 3 is 2.73 bits per heavy atom. The average molecular weight is 409 g/mol. The molecule has 0 saturated carbocycles. The number of anilines is 1. The van der Waals surface area contributed by atoms with Crippen LogP contribution < -0.4 is 4.90 Å². The van der Waals surface area contributed by atoms with Crippen LogP contribution in [0.15, 0.2) is 41.2 Å². The third kappa shape index (κ3) is 3.25. The van der Waals surface area contributed by atoms with Crippen LogP contribution in [-0.2, 0) is 9.47 Å². The largest absolute Gasteiger partial charge is 0.411 e. The Labute approximate surface area is 176 Å². The highest BCUT2D eigenvalue weighted by atomic mass is 16.5. The van der Waals surface area contributed by atoms with E-state index in [4.69, 9.17) is 13.9 Å². The fraction of sp³-hybridized carbons (Fsp3) is 0.565. The summed E-state index contributed by atoms with van der Waals surface area (Å²) >= 11 is 0. The van der Waals surface area contributed by atoms with E-state index in [0.717, 1.165) is 52.4 Å². The first-order valence-electron chi connectivity index (χ1n) is 11.0. The van der Waals surface area contributed by atoms with Crippen molar-refractivity contribution in [2.24, 2.45) is 0 Å². The molecule has 0 radical (unpaired) electrons. The lowest BCUT2D eigenvalue weighted by atomic mass is 9.83. The van der Waals surface area contributed by atoms with Gasteiger partial charge in [-0.3, -0.25) is 4.90 Å². The molecule has 0 amide bonds. The summed E-state index contributed by atoms with van der Waals surface area (Å²) in [6, 6.07) is 10.1. The molecule has 0 aliphatic carbocycles. The molecule has 1 aromatic carbocycles. The van der Waals surface area contributed by atoms with Crippen LogP contribution in [-0.4, -0.2) is 72.7 Å². The Kier molecular flexibility index (Phi) is 4.62. The monoisotopic (exact) mass is 408 g/mol. The number of ether oxygens (including phenoxy) is 2. The highest BCUT2D eigenvalue weighted by Gasteiger charge is 2.52. The first-order chi connectivity index (χ1) is 14.8. The molecule has 0 bridgehead atoms. The minimum atomic E-state index is -0.0302. The minimum Gasteiger partial charge on any atom is -0.411 e. The van der Waals surface area contributed by atoms with Crippen LogP contribution in [0.3, 0.4) is 0 Å². The zero-order chi connectivity index (χ0) is 20.0. The standard InChI is InChI=1S/C23H28N4O3/c1-2-4-21(18-7-10-28-12-18)20(3-1)17-5-8-26(9-6-17)19-11-23(30-13-19)14-27(15-23)22-25-24-16-29-22/h1-4,7,16-17,19H,5-6,8-15H2/t19-/m0/s1. The average Bonchev–Trinajstić information content (AvgIpc) is 3.54. The van der Waals surface area contributed by atoms with E-state index in [1.807, 2.05) is 0 Å². The topological polar surface area (TPSA) is 63.9 Å². The number of hydrogen-bond acceptors (Lipinski definition) is 7. The van der Waals surface area contributed by atoms with E-state index in [1.165, 1.54) is 35.9 Å². The highest BCUT2D eigenvalue weighted by molar-refractivity contribution is 5.70. The molecular formula is C23H28N4O3. The molecule has 1 spiro atoms. The van der Waals surface area contributed by atoms with Crippen molar-refractivity contribution in [2.75, 3.05) is 50.9 Å². The van der Waals surface area contributed by atoms with Gasteiger partial charge in [0.2, 0.25) is 6.39 Å². The van der Waals surface area contributed by atoms with E-state index >= 15 is 0 Å². The predicted octanol–water partition coefficient (Wildman–Crippen LogP) is 2.71. The summed E-state index contributed by atoms with van der Waals surface area (Å²) in [5.41, 5.74) is 4.22. The summed E-state index contributed by atoms with van der Waals surface area (Å²) in [6.45, 7) is 6.33. The third-order valence-corrected chi connectivity index (χ3v) is 7.26. The van der Waals surface area contributed by atoms with Crippen molar-refractivity contribution >= 4 is 11.6 Å². The lowest BCUT2D eigenvalue weighted by Gasteiger charge is -2.46. The van der Waals surface area contributed by atoms with Crippen LogP contribution >= 0.6 is 0 Å². The smallest absolute Gasteiger partial charge is 0.318 e. The molecule has 0 N–H and O–H groups in total. The molecule has 5 heterocycles. The van der Waals surface area contributed by atoms with Crippen molar-refractivity contribution < 1.29 is 13.9 Å². The molecule has 158 valence electrons. The molecule has 7 nitrogen and oxygen atoms in total. The SMILES string of the molecule is C1=C(c2ccccc2C2CCN([C@@H]3COC4(C3)CN(c3nnco3)C4)CC2)COC1. The molecule has 3 saturated heterocycles. The van der Waals surface area contributed by atoms with Gasteiger partial charge in [0.15, 0.2) is 0 Å². The molecule has 4 aliphatic heterocycles. The molecule has 30 heavy (non-hydrogen) atoms. The van der Waals surface area contributed by atoms with Gasteiger partial charge in [0.05, 0.1) is 32.9 Å². The Balaban J connectivity index is 1.06. The quantitative estimate of drug-likeness (QED) is 0.771. The maximum Gasteiger partial charge on any atom is 0.318 e. The molecule has 2 aromatic rings. The number of hydrogen-bond donors (Lipinski definition) is 0. The van der Waals surface area contributed by atoms with E-state index < -0.39 is 0 Å². The lowest BCUT2D eigenvalue weighted by molar-refractivity contribution is -0.0216. The summed E-state index contributed by atoms with van der Waals surface area (Å²) < 4.78 is 17.2. The van der Waals surface area contributed by atoms with Crippen LogP contribution in [0.5, 0.6) is 0 Å². The first-order valence-corrected chi connectivity index (χ1v) is 11.0. The first kappa shape index (κ1) is 18.5. The molecular weight excluding hydrogens is 380 g/mol. The molecule has 1 atom stereocenters. The van der Waals surface area contributed by atoms with Crippen LogP contribution in [0.4, 0.5) is 6.01 Å². The van der Waals surface area contributed by atoms with Crippen molar-refractivity contribution in [2.45, 2.75) is 36.8 Å². The summed E-state index contributed by atoms with van der Waals surface area (Å²) in [6.07, 6.45) is 7.14. The summed E-state index contributed by atoms with van der Waals surface area (Å²) in [5, 5.41) is 7.78. The van der Waals surface area contributed by atoms with E-state index in [-0.39, 0.29) is 5.60 Å². The zero-order valence-corrected chi connectivity index (χ0v) is 17.2. The second-order valence-electron chi connectivity index (χ2n) is 9.07. The molecule has 0 unspecified atom stereocenters. The maximum absolute atomic E-state index is 6.27. The highest BCUT2D eigenvalue weighted by Crippen LogP contribution is 2.41. The van der Waals surface area contributed by atoms with Crippen LogP contribution in [0.25, 0.3) is 5.57 Å². The van der Waals surface area contributed by atoms with Gasteiger partial charge in [0.25, 0.3) is 0 Å². The second-order valence-corrected chi connectivity index (χ2v) is 9.07. The molecule has 3 fully saturated rings. The van der Waals surface area contributed by atoms with E-state index in [9.17, 15) is 0 Å². The zero-order valence-electron chi connectivity index (χ0n) is 17.2. The lowest BCUT2D eigenvalue weighted by Crippen LogP contribution is -2.62. The van der Waals surface area contributed by atoms with Gasteiger partial charge in [-0.1, -0.05) is 35.4 Å². The van der Waals surface area contributed by atoms with Crippen molar-refractivity contribution in [3.63, 3.8) is 0 Å². The van der Waals surface area contributed by atoms with Gasteiger partial charge in [-0.25, -0.2) is 0 Å². The van der Waals surface area contributed by atoms with Gasteiger partial charge < -0.3 is 18.8 Å². The van der Waals surface area contributed by atoms with Gasteiger partial charge in [-0.15, -0.1) is 5.10 Å². The number of nitrogens with zero attached hydrogens (tertiary/aromatic N) is 4. The fourth-order valence-electron chi connectivity index (χ4n) is 5.66. The number of piperidine rings is 1. The number of benzene rings is 1. The van der Waals surface area contributed by atoms with Gasteiger partial charge in [-0.05, 0) is 55.0 Å². The summed E-state index contributed by atoms with van der Waals surface area (Å²) in [4.78, 5) is 4.77. The minimum absolute atomic E-state index is 0.0302. The van der Waals surface area contributed by atoms with Crippen molar-refractivity contribution in [1.82, 2.24) is 15.1 Å². The van der Waals surface area contributed by atoms with Crippen LogP contribution in [0, 0.1) is 0 Å². The van der Waals surface area contributed by atoms with Crippen molar-refractivity contribution in [3.05, 3.63) is 47.9 Å². The normalized spacial score (nSPS) is 26.9. The number of aromatic nitrogens is 2. The molecule has 7 heteroatoms. The summed E-state index contributed by atoms with van der Waals surface area (Å²) in [5.74, 6) is 0.631. The van der Waals surface area contributed by atoms with Gasteiger partial charge in [0.1, 0.15) is 5.60 Å². The molecule has 1 aromatic heterocycles. The Bertz CT molecular complexity index is 914. The molecule has 6 rings (SSSR count). The predicted molar refractivity (Wildman–Crippen MR) is 112 cm³/mol. The van der Waals surface area contributed by atoms with Crippen LogP contribution in [0.2, 0.25) is 0 Å². The Morgan fingerprint density at radius 2 is 1.97 bits per heavy atom. The van der Waals surface area contributed by atoms with Crippen molar-refractivity contribution in [3.8, 4) is 0 Å². The van der Waals surface area contributed by atoms with Crippen LogP contribution in [0.1, 0.15) is 36.3 Å². The molecule has 4 aliphatic rings. The fourth-order valence-corrected chi connectivity index (χ4v) is 5.66. The summed E-state index contributed by atoms with van der Waals surface area (Å²) in [7, 11) is 0. The van der Waals surface area contributed by atoms with E-state index in [1.54, 1.807) is 0 Å². The van der Waals surface area contributed by atoms with Gasteiger partial charge in [-0.2, -0.15) is 0 Å². The number of likely N-dealkylation sites (tertiary alicyclic amines) is 1. The van der Waals surface area contributed by atoms with E-state index in [2.05, 4.69) is 50.3 Å². The number of rotatable bonds is 4.